The van der Waals surface area contributed by atoms with Crippen LogP contribution in [0.25, 0.3) is 10.4 Å². The predicted octanol–water partition coefficient (Wildman–Crippen LogP) is -0.869. The molecule has 0 bridgehead atoms. The zero-order chi connectivity index (χ0) is 27.1. The molecule has 0 aliphatic carbocycles. The fourth-order valence-electron chi connectivity index (χ4n) is 2.76. The minimum atomic E-state index is -5.75. The molecule has 2 rings (SSSR count). The molecule has 36 heavy (non-hydrogen) atoms. The van der Waals surface area contributed by atoms with Gasteiger partial charge in [0.25, 0.3) is 5.56 Å². The van der Waals surface area contributed by atoms with Crippen LogP contribution in [0.4, 0.5) is 0 Å². The van der Waals surface area contributed by atoms with E-state index in [4.69, 9.17) is 30.5 Å². The Kier molecular flexibility index (Phi) is 10.3. The molecule has 1 aromatic rings. The average Bonchev–Trinajstić information content (AvgIpc) is 3.12. The van der Waals surface area contributed by atoms with Gasteiger partial charge in [0.15, 0.2) is 0 Å². The third-order valence-electron chi connectivity index (χ3n) is 4.01. The summed E-state index contributed by atoms with van der Waals surface area (Å²) in [6.07, 6.45) is -2.61. The minimum Gasteiger partial charge on any atom is -0.369 e. The van der Waals surface area contributed by atoms with E-state index in [1.165, 1.54) is 0 Å². The molecule has 1 fully saturated rings. The molecule has 0 amide bonds. The van der Waals surface area contributed by atoms with Gasteiger partial charge in [-0.2, -0.15) is 8.62 Å². The molecule has 1 aliphatic heterocycles. The molecule has 0 spiro atoms. The average molecular weight is 576 g/mol. The van der Waals surface area contributed by atoms with Gasteiger partial charge >= 0.3 is 29.2 Å². The molecule has 0 radical (unpaired) electrons. The van der Waals surface area contributed by atoms with E-state index in [0.717, 1.165) is 10.8 Å². The van der Waals surface area contributed by atoms with Crippen molar-refractivity contribution in [3.8, 4) is 11.8 Å². The summed E-state index contributed by atoms with van der Waals surface area (Å²) >= 11 is 0. The highest BCUT2D eigenvalue weighted by Gasteiger charge is 2.43. The molecule has 7 N–H and O–H groups in total. The van der Waals surface area contributed by atoms with Crippen LogP contribution >= 0.6 is 23.5 Å². The van der Waals surface area contributed by atoms with Crippen molar-refractivity contribution in [2.75, 3.05) is 19.9 Å². The van der Waals surface area contributed by atoms with Crippen LogP contribution in [0.15, 0.2) is 20.9 Å². The van der Waals surface area contributed by atoms with Gasteiger partial charge in [0, 0.05) is 17.5 Å². The van der Waals surface area contributed by atoms with Crippen LogP contribution in [-0.4, -0.2) is 61.2 Å². The summed E-state index contributed by atoms with van der Waals surface area (Å²) in [4.78, 5) is 64.7. The summed E-state index contributed by atoms with van der Waals surface area (Å²) in [5.41, 5.74) is 11.8. The molecule has 200 valence electrons. The Labute approximate surface area is 200 Å². The summed E-state index contributed by atoms with van der Waals surface area (Å²) in [6.45, 7) is -1.51. The van der Waals surface area contributed by atoms with Crippen LogP contribution in [-0.2, 0) is 36.3 Å². The third-order valence-corrected chi connectivity index (χ3v) is 7.81. The number of aromatic nitrogens is 2. The van der Waals surface area contributed by atoms with Crippen LogP contribution in [0, 0.1) is 11.8 Å². The highest BCUT2D eigenvalue weighted by Crippen LogP contribution is 2.66. The Morgan fingerprint density at radius 1 is 1.25 bits per heavy atom. The van der Waals surface area contributed by atoms with Gasteiger partial charge in [0.1, 0.15) is 24.6 Å². The van der Waals surface area contributed by atoms with Gasteiger partial charge in [-0.25, -0.2) is 18.5 Å². The predicted molar refractivity (Wildman–Crippen MR) is 114 cm³/mol. The summed E-state index contributed by atoms with van der Waals surface area (Å²) in [6, 6.07) is 0. The van der Waals surface area contributed by atoms with Crippen molar-refractivity contribution >= 4 is 23.5 Å². The van der Waals surface area contributed by atoms with Crippen LogP contribution in [0.3, 0.4) is 0 Å². The van der Waals surface area contributed by atoms with E-state index in [1.807, 2.05) is 4.98 Å². The summed E-state index contributed by atoms with van der Waals surface area (Å²) in [5.74, 6) is 4.90. The minimum absolute atomic E-state index is 0.0729. The number of phosphoric acid groups is 3. The Morgan fingerprint density at radius 2 is 1.94 bits per heavy atom. The largest absolute Gasteiger partial charge is 0.490 e. The van der Waals surface area contributed by atoms with E-state index in [2.05, 4.69) is 35.0 Å². The number of H-pyrrole nitrogens is 1. The maximum absolute atomic E-state index is 12.3. The second-order valence-corrected chi connectivity index (χ2v) is 11.0. The first-order valence-corrected chi connectivity index (χ1v) is 13.8. The zero-order valence-corrected chi connectivity index (χ0v) is 20.4. The molecule has 0 saturated carbocycles. The van der Waals surface area contributed by atoms with E-state index < -0.39 is 66.5 Å². The molecule has 1 aromatic heterocycles. The normalized spacial score (nSPS) is 23.1. The fourth-order valence-corrected chi connectivity index (χ4v) is 5.79. The number of rotatable bonds is 11. The number of phosphoric ester groups is 1. The van der Waals surface area contributed by atoms with Crippen LogP contribution in [0.5, 0.6) is 0 Å². The Bertz CT molecular complexity index is 1320. The smallest absolute Gasteiger partial charge is 0.369 e. The van der Waals surface area contributed by atoms with E-state index >= 15 is 0 Å². The van der Waals surface area contributed by atoms with Crippen LogP contribution in [0.1, 0.15) is 18.2 Å². The van der Waals surface area contributed by atoms with E-state index in [9.17, 15) is 33.1 Å². The number of nitrogens with two attached hydrogens (primary N) is 1. The van der Waals surface area contributed by atoms with Crippen LogP contribution < -0.4 is 17.0 Å². The van der Waals surface area contributed by atoms with Crippen molar-refractivity contribution in [3.05, 3.63) is 43.0 Å². The summed E-state index contributed by atoms with van der Waals surface area (Å²) in [7, 11) is -16.8. The first-order valence-electron chi connectivity index (χ1n) is 9.27. The lowest BCUT2D eigenvalue weighted by Gasteiger charge is -2.20. The van der Waals surface area contributed by atoms with E-state index in [-0.39, 0.29) is 18.5 Å². The molecule has 20 nitrogen and oxygen atoms in total. The number of hydrogen-bond donors (Lipinski definition) is 6. The fraction of sp³-hybridized carbons (Fsp3) is 0.538. The van der Waals surface area contributed by atoms with Crippen molar-refractivity contribution in [1.82, 2.24) is 9.55 Å². The van der Waals surface area contributed by atoms with Crippen molar-refractivity contribution in [2.45, 2.75) is 24.9 Å². The van der Waals surface area contributed by atoms with Gasteiger partial charge in [-0.3, -0.25) is 18.9 Å². The van der Waals surface area contributed by atoms with Gasteiger partial charge in [-0.1, -0.05) is 17.0 Å². The molecular formula is C13H19N6O14P3. The lowest BCUT2D eigenvalue weighted by molar-refractivity contribution is -0.0601. The Balaban J connectivity index is 2.23. The van der Waals surface area contributed by atoms with E-state index in [0.29, 0.717) is 0 Å². The number of aromatic amines is 1. The number of nitrogens with zero attached hydrogens (tertiary/aromatic N) is 4. The highest BCUT2D eigenvalue weighted by atomic mass is 31.3. The molecule has 2 unspecified atom stereocenters. The number of nitrogens with one attached hydrogen (secondary N) is 1. The Hall–Kier alpha value is -2.16. The van der Waals surface area contributed by atoms with Gasteiger partial charge in [0.05, 0.1) is 19.3 Å². The maximum atomic E-state index is 12.3. The van der Waals surface area contributed by atoms with Crippen molar-refractivity contribution in [1.29, 1.82) is 0 Å². The summed E-state index contributed by atoms with van der Waals surface area (Å²) < 4.78 is 57.7. The van der Waals surface area contributed by atoms with Crippen molar-refractivity contribution in [2.24, 2.45) is 10.8 Å². The second kappa shape index (κ2) is 12.4. The number of hydrogen-bond acceptors (Lipinski definition) is 12. The third kappa shape index (κ3) is 9.37. The van der Waals surface area contributed by atoms with E-state index in [1.54, 1.807) is 0 Å². The SMILES string of the molecule is [N-]=[N+]=NCO[C@H]1C[C@H](n2cc(C#CCN)c(=O)[nH]c2=O)O[C@@H]1COP(=O)(O)OP(=O)(O)OP(=O)(O)O. The molecular weight excluding hydrogens is 557 g/mol. The number of azide groups is 1. The lowest BCUT2D eigenvalue weighted by Crippen LogP contribution is -2.33. The molecule has 5 atom stereocenters. The highest BCUT2D eigenvalue weighted by molar-refractivity contribution is 7.66. The second-order valence-electron chi connectivity index (χ2n) is 6.53. The first-order chi connectivity index (χ1) is 16.7. The van der Waals surface area contributed by atoms with Crippen LogP contribution in [0.2, 0.25) is 0 Å². The molecule has 1 saturated heterocycles. The standard InChI is InChI=1S/C13H19N6O14P3/c14-3-1-2-8-5-19(13(21)17-12(8)20)11-4-9(29-7-16-18-15)10(31-11)6-30-35(25,26)33-36(27,28)32-34(22,23)24/h5,9-11H,3-4,6-7,14H2,(H,25,26)(H,27,28)(H,17,20,21)(H2,22,23,24)/t9-,10+,11+/m0/s1. The van der Waals surface area contributed by atoms with Gasteiger partial charge in [-0.05, 0) is 5.53 Å². The first kappa shape index (κ1) is 30.1. The number of ether oxygens (including phenoxy) is 2. The van der Waals surface area contributed by atoms with Crippen molar-refractivity contribution in [3.63, 3.8) is 0 Å². The van der Waals surface area contributed by atoms with Gasteiger partial charge in [-0.15, -0.1) is 0 Å². The maximum Gasteiger partial charge on any atom is 0.490 e. The van der Waals surface area contributed by atoms with Gasteiger partial charge in [0.2, 0.25) is 0 Å². The molecule has 0 aromatic carbocycles. The molecule has 2 heterocycles. The topological polar surface area (TPSA) is 308 Å². The van der Waals surface area contributed by atoms with Gasteiger partial charge < -0.3 is 34.8 Å². The monoisotopic (exact) mass is 576 g/mol. The molecule has 1 aliphatic rings. The zero-order valence-electron chi connectivity index (χ0n) is 17.7. The Morgan fingerprint density at radius 3 is 2.56 bits per heavy atom. The summed E-state index contributed by atoms with van der Waals surface area (Å²) in [5, 5.41) is 3.16. The molecule has 23 heteroatoms. The quantitative estimate of drug-likeness (QED) is 0.0613. The lowest BCUT2D eigenvalue weighted by atomic mass is 10.2. The van der Waals surface area contributed by atoms with Crippen molar-refractivity contribution < 1.29 is 55.9 Å².